The number of carbonyl (C=O) groups excluding carboxylic acids is 2. The molecule has 3 rings (SSSR count). The number of hydrogen-bond donors (Lipinski definition) is 4. The first kappa shape index (κ1) is 21.7. The number of rotatable bonds is 3. The highest BCUT2D eigenvalue weighted by Crippen LogP contribution is 2.58. The number of phenolic OH excluding ortho intramolecular Hbond substituents is 1. The Labute approximate surface area is 170 Å². The summed E-state index contributed by atoms with van der Waals surface area (Å²) in [6.07, 6.45) is -1.71. The number of ether oxygens (including phenoxy) is 1. The van der Waals surface area contributed by atoms with Gasteiger partial charge in [0.1, 0.15) is 11.4 Å². The summed E-state index contributed by atoms with van der Waals surface area (Å²) in [6.45, 7) is 6.76. The maximum absolute atomic E-state index is 13.3. The molecule has 2 aliphatic rings. The topological polar surface area (TPSA) is 124 Å². The first-order valence-electron chi connectivity index (χ1n) is 10.00. The van der Waals surface area contributed by atoms with Gasteiger partial charge in [0.25, 0.3) is 0 Å². The molecule has 2 saturated carbocycles. The van der Waals surface area contributed by atoms with Crippen LogP contribution in [0.2, 0.25) is 0 Å². The first-order valence-corrected chi connectivity index (χ1v) is 10.00. The van der Waals surface area contributed by atoms with Gasteiger partial charge in [-0.15, -0.1) is 0 Å². The van der Waals surface area contributed by atoms with Crippen LogP contribution in [0.3, 0.4) is 0 Å². The van der Waals surface area contributed by atoms with Crippen LogP contribution in [0.5, 0.6) is 5.75 Å². The van der Waals surface area contributed by atoms with Crippen molar-refractivity contribution in [2.24, 2.45) is 17.3 Å². The number of aliphatic hydroxyl groups is 3. The summed E-state index contributed by atoms with van der Waals surface area (Å²) in [7, 11) is 0. The molecule has 0 heterocycles. The summed E-state index contributed by atoms with van der Waals surface area (Å²) in [6, 6.07) is 5.40. The van der Waals surface area contributed by atoms with Gasteiger partial charge in [-0.3, -0.25) is 4.79 Å². The number of Topliss-reactive ketones (excluding diaryl/α,β-unsaturated/α-hetero) is 1. The van der Waals surface area contributed by atoms with E-state index in [4.69, 9.17) is 4.74 Å². The van der Waals surface area contributed by atoms with Crippen LogP contribution in [0.1, 0.15) is 57.3 Å². The van der Waals surface area contributed by atoms with Gasteiger partial charge in [0.15, 0.2) is 6.10 Å². The average molecular weight is 406 g/mol. The molecule has 6 atom stereocenters. The molecule has 0 amide bonds. The molecule has 0 spiro atoms. The minimum atomic E-state index is -2.11. The maximum atomic E-state index is 13.3. The quantitative estimate of drug-likeness (QED) is 0.564. The van der Waals surface area contributed by atoms with E-state index in [9.17, 15) is 30.0 Å². The van der Waals surface area contributed by atoms with Gasteiger partial charge in [0.2, 0.25) is 5.78 Å². The number of benzene rings is 1. The van der Waals surface area contributed by atoms with Crippen LogP contribution in [0, 0.1) is 17.3 Å². The number of aromatic hydroxyl groups is 1. The number of hydrogen-bond acceptors (Lipinski definition) is 7. The average Bonchev–Trinajstić information content (AvgIpc) is 2.89. The predicted octanol–water partition coefficient (Wildman–Crippen LogP) is 1.81. The summed E-state index contributed by atoms with van der Waals surface area (Å²) in [5.41, 5.74) is -3.96. The lowest BCUT2D eigenvalue weighted by atomic mass is 9.67. The lowest BCUT2D eigenvalue weighted by Crippen LogP contribution is -2.56. The largest absolute Gasteiger partial charge is 0.508 e. The zero-order valence-corrected chi connectivity index (χ0v) is 17.3. The van der Waals surface area contributed by atoms with Crippen molar-refractivity contribution in [1.29, 1.82) is 0 Å². The number of phenols is 1. The lowest BCUT2D eigenvalue weighted by molar-refractivity contribution is -0.162. The molecule has 0 radical (unpaired) electrons. The van der Waals surface area contributed by atoms with Crippen molar-refractivity contribution in [2.75, 3.05) is 0 Å². The molecule has 1 aromatic rings. The van der Waals surface area contributed by atoms with Gasteiger partial charge >= 0.3 is 5.97 Å². The molecule has 7 nitrogen and oxygen atoms in total. The normalized spacial score (nSPS) is 39.9. The Kier molecular flexibility index (Phi) is 5.30. The zero-order valence-electron chi connectivity index (χ0n) is 17.3. The fourth-order valence-corrected chi connectivity index (χ4v) is 5.05. The van der Waals surface area contributed by atoms with Crippen LogP contribution in [0.15, 0.2) is 24.3 Å². The van der Waals surface area contributed by atoms with E-state index in [-0.39, 0.29) is 23.7 Å². The summed E-state index contributed by atoms with van der Waals surface area (Å²) >= 11 is 0. The zero-order chi connectivity index (χ0) is 21.8. The van der Waals surface area contributed by atoms with Crippen LogP contribution in [-0.4, -0.2) is 55.6 Å². The van der Waals surface area contributed by atoms with E-state index in [1.165, 1.54) is 31.2 Å². The Morgan fingerprint density at radius 1 is 1.14 bits per heavy atom. The Bertz CT molecular complexity index is 800. The number of ketones is 1. The van der Waals surface area contributed by atoms with Crippen molar-refractivity contribution in [3.63, 3.8) is 0 Å². The SMILES string of the molecule is CC(C)[C@]1(O)CC[C@]2(C)C[C@H](O)[C@](C)(O)C(=O)[C@H](OC(=O)c3ccc(O)cc3)[C@H]21. The highest BCUT2D eigenvalue weighted by molar-refractivity contribution is 5.96. The van der Waals surface area contributed by atoms with Crippen LogP contribution in [0.25, 0.3) is 0 Å². The molecule has 2 fully saturated rings. The fraction of sp³-hybridized carbons (Fsp3) is 0.636. The van der Waals surface area contributed by atoms with Crippen LogP contribution in [-0.2, 0) is 9.53 Å². The van der Waals surface area contributed by atoms with E-state index in [2.05, 4.69) is 0 Å². The fourth-order valence-electron chi connectivity index (χ4n) is 5.05. The van der Waals surface area contributed by atoms with Crippen molar-refractivity contribution < 1.29 is 34.8 Å². The van der Waals surface area contributed by atoms with Gasteiger partial charge in [-0.1, -0.05) is 20.8 Å². The minimum absolute atomic E-state index is 0.0179. The van der Waals surface area contributed by atoms with Crippen molar-refractivity contribution in [3.05, 3.63) is 29.8 Å². The van der Waals surface area contributed by atoms with Crippen molar-refractivity contribution in [2.45, 2.75) is 70.4 Å². The molecule has 0 unspecified atom stereocenters. The molecule has 2 aliphatic carbocycles. The number of aliphatic hydroxyl groups excluding tert-OH is 1. The Morgan fingerprint density at radius 2 is 1.72 bits per heavy atom. The molecule has 1 aromatic carbocycles. The molecular weight excluding hydrogens is 376 g/mol. The minimum Gasteiger partial charge on any atom is -0.508 e. The molecule has 7 heteroatoms. The molecule has 29 heavy (non-hydrogen) atoms. The smallest absolute Gasteiger partial charge is 0.338 e. The molecule has 0 bridgehead atoms. The van der Waals surface area contributed by atoms with E-state index in [0.717, 1.165) is 0 Å². The number of carbonyl (C=O) groups is 2. The van der Waals surface area contributed by atoms with E-state index >= 15 is 0 Å². The lowest BCUT2D eigenvalue weighted by Gasteiger charge is -2.42. The standard InChI is InChI=1S/C22H30O7/c1-12(2)22(28)10-9-20(3)11-15(24)21(4,27)18(25)16(17(20)22)29-19(26)13-5-7-14(23)8-6-13/h5-8,12,15-17,23-24,27-28H,9-11H2,1-4H3/t15-,16+,17+,20+,21-,22+/m0/s1. The van der Waals surface area contributed by atoms with Crippen LogP contribution < -0.4 is 0 Å². The summed E-state index contributed by atoms with van der Waals surface area (Å²) < 4.78 is 5.62. The Morgan fingerprint density at radius 3 is 2.28 bits per heavy atom. The van der Waals surface area contributed by atoms with Crippen LogP contribution >= 0.6 is 0 Å². The molecule has 0 aliphatic heterocycles. The Hall–Kier alpha value is -1.96. The first-order chi connectivity index (χ1) is 13.3. The predicted molar refractivity (Wildman–Crippen MR) is 104 cm³/mol. The second-order valence-corrected chi connectivity index (χ2v) is 9.38. The van der Waals surface area contributed by atoms with Gasteiger partial charge in [0, 0.05) is 5.92 Å². The van der Waals surface area contributed by atoms with Crippen LogP contribution in [0.4, 0.5) is 0 Å². The summed E-state index contributed by atoms with van der Waals surface area (Å²) in [5, 5.41) is 42.2. The van der Waals surface area contributed by atoms with E-state index in [1.807, 2.05) is 20.8 Å². The van der Waals surface area contributed by atoms with Crippen molar-refractivity contribution >= 4 is 11.8 Å². The van der Waals surface area contributed by atoms with Gasteiger partial charge in [-0.2, -0.15) is 0 Å². The molecular formula is C22H30O7. The maximum Gasteiger partial charge on any atom is 0.338 e. The molecule has 160 valence electrons. The van der Waals surface area contributed by atoms with Gasteiger partial charge in [-0.25, -0.2) is 4.79 Å². The highest BCUT2D eigenvalue weighted by Gasteiger charge is 2.66. The van der Waals surface area contributed by atoms with E-state index in [0.29, 0.717) is 12.8 Å². The molecule has 0 saturated heterocycles. The monoisotopic (exact) mass is 406 g/mol. The summed E-state index contributed by atoms with van der Waals surface area (Å²) in [5.74, 6) is -2.62. The van der Waals surface area contributed by atoms with E-state index < -0.39 is 46.5 Å². The number of esters is 1. The van der Waals surface area contributed by atoms with Gasteiger partial charge in [-0.05, 0) is 61.8 Å². The second-order valence-electron chi connectivity index (χ2n) is 9.38. The van der Waals surface area contributed by atoms with Crippen molar-refractivity contribution in [1.82, 2.24) is 0 Å². The van der Waals surface area contributed by atoms with E-state index in [1.54, 1.807) is 0 Å². The third-order valence-corrected chi connectivity index (χ3v) is 7.09. The van der Waals surface area contributed by atoms with Gasteiger partial charge < -0.3 is 25.2 Å². The van der Waals surface area contributed by atoms with Gasteiger partial charge in [0.05, 0.1) is 17.3 Å². The number of fused-ring (bicyclic) bond motifs is 1. The Balaban J connectivity index is 2.07. The van der Waals surface area contributed by atoms with Crippen molar-refractivity contribution in [3.8, 4) is 5.75 Å². The highest BCUT2D eigenvalue weighted by atomic mass is 16.6. The third kappa shape index (κ3) is 3.45. The summed E-state index contributed by atoms with van der Waals surface area (Å²) in [4.78, 5) is 26.0. The third-order valence-electron chi connectivity index (χ3n) is 7.09. The molecule has 0 aromatic heterocycles. The molecule has 4 N–H and O–H groups in total. The second kappa shape index (κ2) is 7.07.